The van der Waals surface area contributed by atoms with Crippen molar-refractivity contribution in [2.75, 3.05) is 24.5 Å². The molecule has 0 bridgehead atoms. The van der Waals surface area contributed by atoms with E-state index < -0.39 is 17.7 Å². The van der Waals surface area contributed by atoms with E-state index in [0.717, 1.165) is 80.2 Å². The number of carboxylic acids is 1. The molecule has 0 spiro atoms. The Labute approximate surface area is 250 Å². The number of hydrogen-bond donors (Lipinski definition) is 1. The Morgan fingerprint density at radius 2 is 1.71 bits per heavy atom. The van der Waals surface area contributed by atoms with Gasteiger partial charge in [0.15, 0.2) is 6.10 Å². The molecule has 2 aliphatic rings. The van der Waals surface area contributed by atoms with Crippen LogP contribution in [0.3, 0.4) is 0 Å². The van der Waals surface area contributed by atoms with Gasteiger partial charge in [-0.25, -0.2) is 4.79 Å². The number of ether oxygens (including phenoxy) is 1. The number of anilines is 1. The van der Waals surface area contributed by atoms with Crippen molar-refractivity contribution in [2.24, 2.45) is 5.41 Å². The first-order valence-corrected chi connectivity index (χ1v) is 15.2. The van der Waals surface area contributed by atoms with E-state index in [2.05, 4.69) is 65.9 Å². The molecule has 1 unspecified atom stereocenters. The lowest BCUT2D eigenvalue weighted by Gasteiger charge is -2.41. The molecule has 1 N–H and O–H groups in total. The molecule has 3 aromatic rings. The Balaban J connectivity index is 1.58. The van der Waals surface area contributed by atoms with Crippen LogP contribution in [-0.2, 0) is 29.0 Å². The molecule has 5 rings (SSSR count). The number of pyridine rings is 2. The highest BCUT2D eigenvalue weighted by Gasteiger charge is 2.36. The molecule has 1 fully saturated rings. The Kier molecular flexibility index (Phi) is 8.46. The number of aliphatic carboxylic acids is 1. The summed E-state index contributed by atoms with van der Waals surface area (Å²) in [5.41, 5.74) is 9.03. The molecule has 0 amide bonds. The van der Waals surface area contributed by atoms with Crippen LogP contribution < -0.4 is 4.90 Å². The van der Waals surface area contributed by atoms with Crippen LogP contribution in [0, 0.1) is 19.3 Å². The summed E-state index contributed by atoms with van der Waals surface area (Å²) >= 11 is 0. The smallest absolute Gasteiger partial charge is 0.337 e. The average Bonchev–Trinajstić information content (AvgIpc) is 2.91. The van der Waals surface area contributed by atoms with Crippen LogP contribution in [0.4, 0.5) is 5.69 Å². The number of carboxylic acid groups (broad SMARTS) is 1. The van der Waals surface area contributed by atoms with Crippen LogP contribution in [0.1, 0.15) is 87.2 Å². The van der Waals surface area contributed by atoms with Gasteiger partial charge in [0.1, 0.15) is 0 Å². The minimum Gasteiger partial charge on any atom is -0.479 e. The lowest BCUT2D eigenvalue weighted by atomic mass is 9.81. The summed E-state index contributed by atoms with van der Waals surface area (Å²) in [6.07, 6.45) is 5.66. The molecule has 7 heteroatoms. The van der Waals surface area contributed by atoms with E-state index in [1.165, 1.54) is 16.7 Å². The number of carbonyl (C=O) groups is 1. The molecule has 0 radical (unpaired) electrons. The normalized spacial score (nSPS) is 18.0. The van der Waals surface area contributed by atoms with Crippen LogP contribution in [0.5, 0.6) is 0 Å². The summed E-state index contributed by atoms with van der Waals surface area (Å²) in [6, 6.07) is 10.9. The van der Waals surface area contributed by atoms with Gasteiger partial charge in [0.25, 0.3) is 0 Å². The topological polar surface area (TPSA) is 78.8 Å². The van der Waals surface area contributed by atoms with Gasteiger partial charge in [-0.05, 0) is 93.7 Å². The van der Waals surface area contributed by atoms with Gasteiger partial charge in [0.05, 0.1) is 11.3 Å². The fourth-order valence-corrected chi connectivity index (χ4v) is 6.40. The second-order valence-corrected chi connectivity index (χ2v) is 13.8. The summed E-state index contributed by atoms with van der Waals surface area (Å²) < 4.78 is 6.24. The lowest BCUT2D eigenvalue weighted by molar-refractivity contribution is -0.160. The molecule has 4 heterocycles. The van der Waals surface area contributed by atoms with Crippen LogP contribution in [0.25, 0.3) is 11.1 Å². The van der Waals surface area contributed by atoms with Crippen molar-refractivity contribution in [3.63, 3.8) is 0 Å². The molecule has 224 valence electrons. The number of hydrogen-bond acceptors (Lipinski definition) is 6. The van der Waals surface area contributed by atoms with Crippen molar-refractivity contribution in [1.29, 1.82) is 0 Å². The van der Waals surface area contributed by atoms with E-state index in [-0.39, 0.29) is 5.41 Å². The second kappa shape index (κ2) is 11.8. The zero-order valence-corrected chi connectivity index (χ0v) is 26.3. The van der Waals surface area contributed by atoms with E-state index >= 15 is 0 Å². The summed E-state index contributed by atoms with van der Waals surface area (Å²) in [5, 5.41) is 10.5. The van der Waals surface area contributed by atoms with Crippen molar-refractivity contribution in [3.8, 4) is 11.1 Å². The van der Waals surface area contributed by atoms with Gasteiger partial charge in [0, 0.05) is 67.6 Å². The van der Waals surface area contributed by atoms with Gasteiger partial charge in [-0.1, -0.05) is 32.0 Å². The summed E-state index contributed by atoms with van der Waals surface area (Å²) in [6.45, 7) is 18.9. The number of fused-ring (bicyclic) bond motifs is 1. The van der Waals surface area contributed by atoms with Crippen molar-refractivity contribution in [3.05, 3.63) is 76.4 Å². The summed E-state index contributed by atoms with van der Waals surface area (Å²) in [7, 11) is 0. The van der Waals surface area contributed by atoms with Crippen molar-refractivity contribution in [1.82, 2.24) is 14.9 Å². The maximum absolute atomic E-state index is 12.8. The molecule has 0 saturated carbocycles. The van der Waals surface area contributed by atoms with Crippen LogP contribution in [0.2, 0.25) is 0 Å². The van der Waals surface area contributed by atoms with E-state index in [0.29, 0.717) is 5.56 Å². The van der Waals surface area contributed by atoms with Gasteiger partial charge < -0.3 is 14.7 Å². The molecule has 1 aromatic carbocycles. The monoisotopic (exact) mass is 570 g/mol. The van der Waals surface area contributed by atoms with Gasteiger partial charge in [-0.2, -0.15) is 0 Å². The Bertz CT molecular complexity index is 1430. The Hall–Kier alpha value is -3.29. The lowest BCUT2D eigenvalue weighted by Crippen LogP contribution is -2.39. The molecule has 1 atom stereocenters. The van der Waals surface area contributed by atoms with E-state index in [9.17, 15) is 9.90 Å². The highest BCUT2D eigenvalue weighted by Crippen LogP contribution is 2.45. The van der Waals surface area contributed by atoms with Gasteiger partial charge in [0.2, 0.25) is 0 Å². The number of nitrogens with zero attached hydrogens (tertiary/aromatic N) is 4. The van der Waals surface area contributed by atoms with Gasteiger partial charge in [-0.3, -0.25) is 14.9 Å². The van der Waals surface area contributed by atoms with E-state index in [1.807, 2.05) is 40.1 Å². The Morgan fingerprint density at radius 1 is 1.02 bits per heavy atom. The van der Waals surface area contributed by atoms with Gasteiger partial charge in [-0.15, -0.1) is 0 Å². The highest BCUT2D eigenvalue weighted by atomic mass is 16.5. The van der Waals surface area contributed by atoms with Gasteiger partial charge >= 0.3 is 5.97 Å². The first kappa shape index (κ1) is 30.2. The van der Waals surface area contributed by atoms with Crippen molar-refractivity contribution >= 4 is 11.7 Å². The highest BCUT2D eigenvalue weighted by molar-refractivity contribution is 5.88. The molecule has 2 aromatic heterocycles. The van der Waals surface area contributed by atoms with Crippen LogP contribution >= 0.6 is 0 Å². The molecule has 42 heavy (non-hydrogen) atoms. The molecular weight excluding hydrogens is 524 g/mol. The number of aromatic nitrogens is 2. The minimum absolute atomic E-state index is 0.260. The third-order valence-electron chi connectivity index (χ3n) is 8.71. The SMILES string of the molecule is Cc1nc(C)c(C(OC(C)(C)C)C(=O)O)c(N2CCC(C)(C)CC2)c1-c1ccc2c(c1)CCN(Cc1ccncc1)C2. The quantitative estimate of drug-likeness (QED) is 0.332. The molecule has 1 saturated heterocycles. The summed E-state index contributed by atoms with van der Waals surface area (Å²) in [5.74, 6) is -0.983. The predicted molar refractivity (Wildman–Crippen MR) is 168 cm³/mol. The third kappa shape index (κ3) is 6.68. The molecule has 7 nitrogen and oxygen atoms in total. The predicted octanol–water partition coefficient (Wildman–Crippen LogP) is 6.89. The fraction of sp³-hybridized carbons (Fsp3) is 0.514. The van der Waals surface area contributed by atoms with Crippen LogP contribution in [-0.4, -0.2) is 51.2 Å². The van der Waals surface area contributed by atoms with E-state index in [4.69, 9.17) is 9.72 Å². The summed E-state index contributed by atoms with van der Waals surface area (Å²) in [4.78, 5) is 26.8. The minimum atomic E-state index is -1.11. The number of benzene rings is 1. The largest absolute Gasteiger partial charge is 0.479 e. The zero-order chi connectivity index (χ0) is 30.2. The maximum Gasteiger partial charge on any atom is 0.337 e. The number of rotatable bonds is 7. The molecular formula is C35H46N4O3. The first-order valence-electron chi connectivity index (χ1n) is 15.2. The zero-order valence-electron chi connectivity index (χ0n) is 26.3. The second-order valence-electron chi connectivity index (χ2n) is 13.8. The molecule has 2 aliphatic heterocycles. The average molecular weight is 571 g/mol. The third-order valence-corrected chi connectivity index (χ3v) is 8.71. The van der Waals surface area contributed by atoms with Crippen molar-refractivity contribution in [2.45, 2.75) is 92.5 Å². The maximum atomic E-state index is 12.8. The first-order chi connectivity index (χ1) is 19.8. The number of aryl methyl sites for hydroxylation is 2. The van der Waals surface area contributed by atoms with E-state index in [1.54, 1.807) is 0 Å². The van der Waals surface area contributed by atoms with Crippen LogP contribution in [0.15, 0.2) is 42.7 Å². The number of piperidine rings is 1. The Morgan fingerprint density at radius 3 is 2.36 bits per heavy atom. The fourth-order valence-electron chi connectivity index (χ4n) is 6.40. The standard InChI is InChI=1S/C35H46N4O3/c1-23-29(27-8-9-28-22-38(17-12-26(28)20-27)21-25-10-15-36-16-11-25)31(39-18-13-35(6,7)14-19-39)30(24(2)37-23)32(33(40)41)42-34(3,4)5/h8-11,15-16,20,32H,12-14,17-19,21-22H2,1-7H3,(H,40,41). The molecule has 0 aliphatic carbocycles. The van der Waals surface area contributed by atoms with Crippen molar-refractivity contribution < 1.29 is 14.6 Å².